The SMILES string of the molecule is CC.CC1=CC=C(c2cccc(C(F)(F)F)c2)CN1. The van der Waals surface area contributed by atoms with Crippen LogP contribution in [0.25, 0.3) is 5.57 Å². The Balaban J connectivity index is 0.000000861. The fourth-order valence-corrected chi connectivity index (χ4v) is 1.67. The summed E-state index contributed by atoms with van der Waals surface area (Å²) in [5.74, 6) is 0. The molecule has 4 heteroatoms. The molecule has 1 aromatic carbocycles. The molecule has 0 fully saturated rings. The molecule has 0 radical (unpaired) electrons. The molecular formula is C15H18F3N. The summed E-state index contributed by atoms with van der Waals surface area (Å²) in [6, 6.07) is 5.39. The van der Waals surface area contributed by atoms with Crippen LogP contribution in [0.2, 0.25) is 0 Å². The lowest BCUT2D eigenvalue weighted by molar-refractivity contribution is -0.137. The van der Waals surface area contributed by atoms with Crippen molar-refractivity contribution in [1.82, 2.24) is 5.32 Å². The standard InChI is InChI=1S/C13H12F3N.C2H6/c1-9-5-6-11(8-17-9)10-3-2-4-12(7-10)13(14,15)16;1-2/h2-7,17H,8H2,1H3;1-2H3. The zero-order valence-corrected chi connectivity index (χ0v) is 11.3. The molecule has 0 amide bonds. The second kappa shape index (κ2) is 6.45. The van der Waals surface area contributed by atoms with E-state index in [9.17, 15) is 13.2 Å². The van der Waals surface area contributed by atoms with Gasteiger partial charge in [-0.25, -0.2) is 0 Å². The van der Waals surface area contributed by atoms with Gasteiger partial charge in [0.2, 0.25) is 0 Å². The van der Waals surface area contributed by atoms with Gasteiger partial charge in [0, 0.05) is 12.2 Å². The first-order chi connectivity index (χ1) is 8.97. The van der Waals surface area contributed by atoms with Crippen LogP contribution < -0.4 is 5.32 Å². The van der Waals surface area contributed by atoms with Gasteiger partial charge in [0.05, 0.1) is 5.56 Å². The average Bonchev–Trinajstić information content (AvgIpc) is 2.41. The molecule has 1 aliphatic rings. The number of rotatable bonds is 1. The highest BCUT2D eigenvalue weighted by Gasteiger charge is 2.30. The number of benzene rings is 1. The minimum absolute atomic E-state index is 0.559. The molecule has 19 heavy (non-hydrogen) atoms. The summed E-state index contributed by atoms with van der Waals surface area (Å²) in [6.07, 6.45) is -0.579. The van der Waals surface area contributed by atoms with Crippen molar-refractivity contribution in [2.45, 2.75) is 26.9 Å². The Kier molecular flexibility index (Phi) is 5.21. The maximum atomic E-state index is 12.6. The van der Waals surface area contributed by atoms with Crippen LogP contribution >= 0.6 is 0 Å². The van der Waals surface area contributed by atoms with Gasteiger partial charge in [-0.05, 0) is 36.3 Å². The van der Waals surface area contributed by atoms with Crippen molar-refractivity contribution >= 4 is 5.57 Å². The average molecular weight is 269 g/mol. The van der Waals surface area contributed by atoms with Gasteiger partial charge < -0.3 is 5.32 Å². The lowest BCUT2D eigenvalue weighted by Crippen LogP contribution is -2.17. The smallest absolute Gasteiger partial charge is 0.384 e. The molecule has 1 heterocycles. The van der Waals surface area contributed by atoms with Gasteiger partial charge in [-0.1, -0.05) is 32.1 Å². The van der Waals surface area contributed by atoms with Gasteiger partial charge >= 0.3 is 6.18 Å². The number of hydrogen-bond donors (Lipinski definition) is 1. The first-order valence-electron chi connectivity index (χ1n) is 6.26. The Morgan fingerprint density at radius 2 is 1.79 bits per heavy atom. The Morgan fingerprint density at radius 3 is 2.32 bits per heavy atom. The molecule has 2 rings (SSSR count). The van der Waals surface area contributed by atoms with E-state index in [1.54, 1.807) is 6.07 Å². The van der Waals surface area contributed by atoms with Gasteiger partial charge in [0.1, 0.15) is 0 Å². The Morgan fingerprint density at radius 1 is 1.11 bits per heavy atom. The summed E-state index contributed by atoms with van der Waals surface area (Å²) >= 11 is 0. The van der Waals surface area contributed by atoms with Crippen LogP contribution in [0.3, 0.4) is 0 Å². The second-order valence-corrected chi connectivity index (χ2v) is 3.97. The van der Waals surface area contributed by atoms with Crippen molar-refractivity contribution in [2.24, 2.45) is 0 Å². The Bertz CT molecular complexity index is 484. The molecule has 1 aliphatic heterocycles. The number of nitrogens with one attached hydrogen (secondary N) is 1. The van der Waals surface area contributed by atoms with Crippen molar-refractivity contribution in [1.29, 1.82) is 0 Å². The lowest BCUT2D eigenvalue weighted by atomic mass is 10.0. The van der Waals surface area contributed by atoms with Crippen LogP contribution in [0.5, 0.6) is 0 Å². The monoisotopic (exact) mass is 269 g/mol. The molecule has 0 aromatic heterocycles. The van der Waals surface area contributed by atoms with Crippen molar-refractivity contribution in [3.05, 3.63) is 53.2 Å². The Hall–Kier alpha value is -1.71. The number of allylic oxidation sites excluding steroid dienone is 3. The van der Waals surface area contributed by atoms with Gasteiger partial charge in [-0.2, -0.15) is 13.2 Å². The highest BCUT2D eigenvalue weighted by molar-refractivity contribution is 5.70. The molecule has 1 aromatic rings. The number of dihydropyridines is 1. The number of alkyl halides is 3. The first kappa shape index (κ1) is 15.3. The third-order valence-corrected chi connectivity index (χ3v) is 2.65. The molecule has 1 N–H and O–H groups in total. The molecule has 0 saturated heterocycles. The van der Waals surface area contributed by atoms with E-state index in [2.05, 4.69) is 5.32 Å². The van der Waals surface area contributed by atoms with Crippen molar-refractivity contribution in [3.8, 4) is 0 Å². The van der Waals surface area contributed by atoms with E-state index >= 15 is 0 Å². The number of halogens is 3. The van der Waals surface area contributed by atoms with E-state index in [1.165, 1.54) is 12.1 Å². The first-order valence-corrected chi connectivity index (χ1v) is 6.26. The minimum atomic E-state index is -4.29. The summed E-state index contributed by atoms with van der Waals surface area (Å²) in [7, 11) is 0. The summed E-state index contributed by atoms with van der Waals surface area (Å²) in [5.41, 5.74) is 1.88. The van der Waals surface area contributed by atoms with E-state index < -0.39 is 11.7 Å². The van der Waals surface area contributed by atoms with Gasteiger partial charge in [0.15, 0.2) is 0 Å². The summed E-state index contributed by atoms with van der Waals surface area (Å²) in [4.78, 5) is 0. The molecule has 0 aliphatic carbocycles. The molecule has 0 saturated carbocycles. The van der Waals surface area contributed by atoms with E-state index in [0.717, 1.165) is 17.3 Å². The molecule has 1 nitrogen and oxygen atoms in total. The summed E-state index contributed by atoms with van der Waals surface area (Å²) in [6.45, 7) is 6.48. The van der Waals surface area contributed by atoms with Crippen LogP contribution in [0.1, 0.15) is 31.9 Å². The number of hydrogen-bond acceptors (Lipinski definition) is 1. The van der Waals surface area contributed by atoms with E-state index in [1.807, 2.05) is 32.9 Å². The third kappa shape index (κ3) is 4.16. The molecule has 0 spiro atoms. The lowest BCUT2D eigenvalue weighted by Gasteiger charge is -2.16. The van der Waals surface area contributed by atoms with Crippen LogP contribution in [0.15, 0.2) is 42.1 Å². The van der Waals surface area contributed by atoms with Crippen LogP contribution in [-0.2, 0) is 6.18 Å². The fourth-order valence-electron chi connectivity index (χ4n) is 1.67. The van der Waals surface area contributed by atoms with E-state index in [4.69, 9.17) is 0 Å². The normalized spacial score (nSPS) is 14.6. The highest BCUT2D eigenvalue weighted by atomic mass is 19.4. The summed E-state index contributed by atoms with van der Waals surface area (Å²) < 4.78 is 37.7. The van der Waals surface area contributed by atoms with Crippen molar-refractivity contribution in [3.63, 3.8) is 0 Å². The molecule has 0 unspecified atom stereocenters. The maximum Gasteiger partial charge on any atom is 0.416 e. The predicted octanol–water partition coefficient (Wildman–Crippen LogP) is 4.62. The van der Waals surface area contributed by atoms with Gasteiger partial charge in [-0.15, -0.1) is 0 Å². The largest absolute Gasteiger partial charge is 0.416 e. The molecule has 0 atom stereocenters. The minimum Gasteiger partial charge on any atom is -0.384 e. The van der Waals surface area contributed by atoms with Crippen LogP contribution in [0.4, 0.5) is 13.2 Å². The zero-order chi connectivity index (χ0) is 14.5. The molecule has 0 bridgehead atoms. The van der Waals surface area contributed by atoms with Crippen molar-refractivity contribution in [2.75, 3.05) is 6.54 Å². The van der Waals surface area contributed by atoms with Gasteiger partial charge in [-0.3, -0.25) is 0 Å². The van der Waals surface area contributed by atoms with Crippen LogP contribution in [0, 0.1) is 0 Å². The maximum absolute atomic E-state index is 12.6. The summed E-state index contributed by atoms with van der Waals surface area (Å²) in [5, 5.41) is 3.10. The van der Waals surface area contributed by atoms with Crippen LogP contribution in [-0.4, -0.2) is 6.54 Å². The predicted molar refractivity (Wildman–Crippen MR) is 72.5 cm³/mol. The molecular weight excluding hydrogens is 251 g/mol. The van der Waals surface area contributed by atoms with E-state index in [-0.39, 0.29) is 0 Å². The molecule has 104 valence electrons. The van der Waals surface area contributed by atoms with Gasteiger partial charge in [0.25, 0.3) is 0 Å². The quantitative estimate of drug-likeness (QED) is 0.784. The van der Waals surface area contributed by atoms with E-state index in [0.29, 0.717) is 12.1 Å². The topological polar surface area (TPSA) is 12.0 Å². The highest BCUT2D eigenvalue weighted by Crippen LogP contribution is 2.31. The Labute approximate surface area is 111 Å². The zero-order valence-electron chi connectivity index (χ0n) is 11.3. The second-order valence-electron chi connectivity index (χ2n) is 3.97. The van der Waals surface area contributed by atoms with Crippen molar-refractivity contribution < 1.29 is 13.2 Å². The third-order valence-electron chi connectivity index (χ3n) is 2.65. The fraction of sp³-hybridized carbons (Fsp3) is 0.333.